The van der Waals surface area contributed by atoms with Gasteiger partial charge < -0.3 is 5.32 Å². The van der Waals surface area contributed by atoms with Gasteiger partial charge in [-0.2, -0.15) is 0 Å². The molecule has 1 atom stereocenters. The van der Waals surface area contributed by atoms with Crippen molar-refractivity contribution in [3.63, 3.8) is 0 Å². The lowest BCUT2D eigenvalue weighted by Crippen LogP contribution is -2.42. The summed E-state index contributed by atoms with van der Waals surface area (Å²) in [6.07, 6.45) is 2.78. The first kappa shape index (κ1) is 16.0. The van der Waals surface area contributed by atoms with Gasteiger partial charge in [0.05, 0.1) is 0 Å². The van der Waals surface area contributed by atoms with Crippen molar-refractivity contribution in [1.29, 1.82) is 0 Å². The van der Waals surface area contributed by atoms with Gasteiger partial charge in [-0.3, -0.25) is 9.69 Å². The second kappa shape index (κ2) is 7.55. The summed E-state index contributed by atoms with van der Waals surface area (Å²) in [6, 6.07) is 6.92. The molecule has 0 saturated carbocycles. The molecule has 1 aliphatic heterocycles. The van der Waals surface area contributed by atoms with Gasteiger partial charge in [0, 0.05) is 18.5 Å². The van der Waals surface area contributed by atoms with Crippen LogP contribution >= 0.6 is 0 Å². The fraction of sp³-hybridized carbons (Fsp3) is 0.588. The number of carbonyl (C=O) groups is 1. The summed E-state index contributed by atoms with van der Waals surface area (Å²) < 4.78 is 12.9. The van der Waals surface area contributed by atoms with Gasteiger partial charge in [0.2, 0.25) is 5.91 Å². The van der Waals surface area contributed by atoms with E-state index in [0.29, 0.717) is 0 Å². The van der Waals surface area contributed by atoms with Crippen LogP contribution in [0.15, 0.2) is 24.3 Å². The molecule has 1 heterocycles. The monoisotopic (exact) mass is 292 g/mol. The maximum atomic E-state index is 12.9. The van der Waals surface area contributed by atoms with E-state index in [0.717, 1.165) is 44.5 Å². The predicted molar refractivity (Wildman–Crippen MR) is 82.3 cm³/mol. The lowest BCUT2D eigenvalue weighted by atomic mass is 9.95. The van der Waals surface area contributed by atoms with Crippen LogP contribution in [-0.4, -0.2) is 29.9 Å². The summed E-state index contributed by atoms with van der Waals surface area (Å²) in [7, 11) is 0. The molecule has 116 valence electrons. The Kier molecular flexibility index (Phi) is 5.74. The summed E-state index contributed by atoms with van der Waals surface area (Å²) in [6.45, 7) is 6.81. The summed E-state index contributed by atoms with van der Waals surface area (Å²) in [4.78, 5) is 14.4. The molecule has 1 amide bonds. The van der Waals surface area contributed by atoms with Gasteiger partial charge in [-0.05, 0) is 57.0 Å². The van der Waals surface area contributed by atoms with Crippen molar-refractivity contribution in [3.05, 3.63) is 35.6 Å². The van der Waals surface area contributed by atoms with Crippen LogP contribution in [0.5, 0.6) is 0 Å². The van der Waals surface area contributed by atoms with Crippen LogP contribution in [-0.2, 0) is 11.3 Å². The van der Waals surface area contributed by atoms with E-state index in [1.54, 1.807) is 0 Å². The number of halogens is 1. The Hall–Kier alpha value is -1.42. The van der Waals surface area contributed by atoms with Crippen molar-refractivity contribution in [2.75, 3.05) is 13.1 Å². The zero-order chi connectivity index (χ0) is 15.2. The fourth-order valence-electron chi connectivity index (χ4n) is 2.66. The lowest BCUT2D eigenvalue weighted by molar-refractivity contribution is -0.127. The molecule has 2 rings (SSSR count). The van der Waals surface area contributed by atoms with E-state index in [1.165, 1.54) is 12.1 Å². The zero-order valence-electron chi connectivity index (χ0n) is 12.9. The van der Waals surface area contributed by atoms with Crippen molar-refractivity contribution in [1.82, 2.24) is 10.2 Å². The molecule has 0 spiro atoms. The second-order valence-corrected chi connectivity index (χ2v) is 5.99. The Labute approximate surface area is 126 Å². The van der Waals surface area contributed by atoms with E-state index >= 15 is 0 Å². The largest absolute Gasteiger partial charge is 0.353 e. The first-order valence-electron chi connectivity index (χ1n) is 7.85. The van der Waals surface area contributed by atoms with Gasteiger partial charge >= 0.3 is 0 Å². The molecule has 1 saturated heterocycles. The van der Waals surface area contributed by atoms with E-state index in [2.05, 4.69) is 17.1 Å². The minimum absolute atomic E-state index is 0.142. The average molecular weight is 292 g/mol. The van der Waals surface area contributed by atoms with Gasteiger partial charge in [0.15, 0.2) is 0 Å². The summed E-state index contributed by atoms with van der Waals surface area (Å²) in [5.74, 6) is 0.147. The van der Waals surface area contributed by atoms with Crippen molar-refractivity contribution in [2.45, 2.75) is 45.7 Å². The molecule has 1 aliphatic rings. The van der Waals surface area contributed by atoms with E-state index in [9.17, 15) is 9.18 Å². The first-order chi connectivity index (χ1) is 10.1. The fourth-order valence-corrected chi connectivity index (χ4v) is 2.66. The minimum Gasteiger partial charge on any atom is -0.353 e. The Morgan fingerprint density at radius 3 is 2.52 bits per heavy atom. The topological polar surface area (TPSA) is 32.3 Å². The first-order valence-corrected chi connectivity index (χ1v) is 7.85. The molecule has 1 fully saturated rings. The predicted octanol–water partition coefficient (Wildman–Crippen LogP) is 2.95. The van der Waals surface area contributed by atoms with Gasteiger partial charge in [-0.25, -0.2) is 4.39 Å². The number of benzene rings is 1. The molecule has 4 heteroatoms. The summed E-state index contributed by atoms with van der Waals surface area (Å²) in [5.41, 5.74) is 1.12. The number of nitrogens with one attached hydrogen (secondary N) is 1. The van der Waals surface area contributed by atoms with Crippen molar-refractivity contribution >= 4 is 5.91 Å². The maximum absolute atomic E-state index is 12.9. The van der Waals surface area contributed by atoms with E-state index in [4.69, 9.17) is 0 Å². The van der Waals surface area contributed by atoms with Crippen LogP contribution in [0.25, 0.3) is 0 Å². The molecular weight excluding hydrogens is 267 g/mol. The van der Waals surface area contributed by atoms with Crippen LogP contribution in [0.2, 0.25) is 0 Å². The highest BCUT2D eigenvalue weighted by molar-refractivity contribution is 5.79. The van der Waals surface area contributed by atoms with Crippen LogP contribution in [0.4, 0.5) is 4.39 Å². The Balaban J connectivity index is 1.77. The standard InChI is InChI=1S/C17H25FN2O/c1-3-13(2)19-17(21)15-8-10-20(11-9-15)12-14-4-6-16(18)7-5-14/h4-7,13,15H,3,8-12H2,1-2H3,(H,19,21). The molecule has 1 aromatic rings. The molecule has 0 radical (unpaired) electrons. The third-order valence-corrected chi connectivity index (χ3v) is 4.28. The number of amides is 1. The number of likely N-dealkylation sites (tertiary alicyclic amines) is 1. The molecule has 0 aliphatic carbocycles. The van der Waals surface area contributed by atoms with E-state index in [1.807, 2.05) is 19.1 Å². The van der Waals surface area contributed by atoms with Crippen LogP contribution in [0.1, 0.15) is 38.7 Å². The normalized spacial score (nSPS) is 18.4. The van der Waals surface area contributed by atoms with Gasteiger partial charge in [0.1, 0.15) is 5.82 Å². The van der Waals surface area contributed by atoms with Crippen LogP contribution in [0.3, 0.4) is 0 Å². The third-order valence-electron chi connectivity index (χ3n) is 4.28. The van der Waals surface area contributed by atoms with Gasteiger partial charge in [-0.1, -0.05) is 19.1 Å². The number of hydrogen-bond donors (Lipinski definition) is 1. The number of nitrogens with zero attached hydrogens (tertiary/aromatic N) is 1. The van der Waals surface area contributed by atoms with Crippen molar-refractivity contribution in [2.24, 2.45) is 5.92 Å². The molecule has 3 nitrogen and oxygen atoms in total. The van der Waals surface area contributed by atoms with Crippen molar-refractivity contribution < 1.29 is 9.18 Å². The lowest BCUT2D eigenvalue weighted by Gasteiger charge is -2.31. The number of rotatable bonds is 5. The van der Waals surface area contributed by atoms with Crippen molar-refractivity contribution in [3.8, 4) is 0 Å². The van der Waals surface area contributed by atoms with Gasteiger partial charge in [0.25, 0.3) is 0 Å². The summed E-state index contributed by atoms with van der Waals surface area (Å²) >= 11 is 0. The molecule has 1 N–H and O–H groups in total. The summed E-state index contributed by atoms with van der Waals surface area (Å²) in [5, 5.41) is 3.07. The smallest absolute Gasteiger partial charge is 0.223 e. The molecule has 21 heavy (non-hydrogen) atoms. The Bertz CT molecular complexity index is 452. The quantitative estimate of drug-likeness (QED) is 0.905. The van der Waals surface area contributed by atoms with Crippen LogP contribution in [0, 0.1) is 11.7 Å². The second-order valence-electron chi connectivity index (χ2n) is 5.99. The highest BCUT2D eigenvalue weighted by Gasteiger charge is 2.25. The molecule has 0 aromatic heterocycles. The van der Waals surface area contributed by atoms with Gasteiger partial charge in [-0.15, -0.1) is 0 Å². The highest BCUT2D eigenvalue weighted by Crippen LogP contribution is 2.19. The zero-order valence-corrected chi connectivity index (χ0v) is 12.9. The average Bonchev–Trinajstić information content (AvgIpc) is 2.50. The van der Waals surface area contributed by atoms with E-state index in [-0.39, 0.29) is 23.7 Å². The third kappa shape index (κ3) is 4.81. The maximum Gasteiger partial charge on any atom is 0.223 e. The number of piperidine rings is 1. The SMILES string of the molecule is CCC(C)NC(=O)C1CCN(Cc2ccc(F)cc2)CC1. The number of hydrogen-bond acceptors (Lipinski definition) is 2. The molecular formula is C17H25FN2O. The molecule has 1 unspecified atom stereocenters. The van der Waals surface area contributed by atoms with E-state index < -0.39 is 0 Å². The Morgan fingerprint density at radius 1 is 1.33 bits per heavy atom. The molecule has 0 bridgehead atoms. The number of carbonyl (C=O) groups excluding carboxylic acids is 1. The highest BCUT2D eigenvalue weighted by atomic mass is 19.1. The Morgan fingerprint density at radius 2 is 1.95 bits per heavy atom. The minimum atomic E-state index is -0.195. The van der Waals surface area contributed by atoms with Crippen LogP contribution < -0.4 is 5.32 Å². The molecule has 1 aromatic carbocycles.